The highest BCUT2D eigenvalue weighted by atomic mass is 35.5. The molecule has 180 valence electrons. The molecule has 16 heteroatoms. The van der Waals surface area contributed by atoms with Gasteiger partial charge in [-0.2, -0.15) is 5.01 Å². The first-order valence-electron chi connectivity index (χ1n) is 9.25. The lowest BCUT2D eigenvalue weighted by atomic mass is 9.96. The summed E-state index contributed by atoms with van der Waals surface area (Å²) >= 11 is 5.45. The van der Waals surface area contributed by atoms with E-state index in [1.807, 2.05) is 0 Å². The van der Waals surface area contributed by atoms with Crippen LogP contribution in [0.4, 0.5) is 4.79 Å². The normalized spacial score (nSPS) is 40.9. The van der Waals surface area contributed by atoms with E-state index in [2.05, 4.69) is 10.6 Å². The minimum atomic E-state index is -1.83. The van der Waals surface area contributed by atoms with Crippen molar-refractivity contribution in [1.82, 2.24) is 10.3 Å². The van der Waals surface area contributed by atoms with Crippen LogP contribution in [0.1, 0.15) is 0 Å². The molecular weight excluding hydrogens is 450 g/mol. The van der Waals surface area contributed by atoms with Gasteiger partial charge >= 0.3 is 6.03 Å². The second kappa shape index (κ2) is 11.6. The molecule has 0 spiro atoms. The molecule has 31 heavy (non-hydrogen) atoms. The van der Waals surface area contributed by atoms with Gasteiger partial charge in [0.2, 0.25) is 0 Å². The van der Waals surface area contributed by atoms with Crippen molar-refractivity contribution < 1.29 is 54.8 Å². The molecule has 0 radical (unpaired) electrons. The number of aliphatic hydroxyl groups excluding tert-OH is 7. The molecule has 0 aromatic carbocycles. The standard InChI is InChI=1S/C15H26ClN3O12/c16-1-2-19(18-28)15(27)17-13-10(25)9(24)12(6(4-21)29-13)31-14-11(26)8(23)7(22)5(3-20)30-14/h5-14,20-26H,1-4H2,(H,17,27)/t5-,6-,7-,8+,9-,10-,11-,12-,13-,14+/m1/s1. The molecular formula is C15H26ClN3O12. The molecule has 2 aliphatic rings. The molecule has 2 saturated heterocycles. The lowest BCUT2D eigenvalue weighted by Crippen LogP contribution is -2.67. The first kappa shape index (κ1) is 26.0. The lowest BCUT2D eigenvalue weighted by molar-refractivity contribution is -0.342. The zero-order valence-corrected chi connectivity index (χ0v) is 16.8. The second-order valence-electron chi connectivity index (χ2n) is 6.90. The van der Waals surface area contributed by atoms with E-state index in [1.54, 1.807) is 0 Å². The molecule has 2 rings (SSSR count). The molecule has 8 N–H and O–H groups in total. The summed E-state index contributed by atoms with van der Waals surface area (Å²) in [6.07, 6.45) is -16.3. The Hall–Kier alpha value is -1.24. The average molecular weight is 476 g/mol. The van der Waals surface area contributed by atoms with Crippen LogP contribution >= 0.6 is 11.6 Å². The van der Waals surface area contributed by atoms with Gasteiger partial charge in [-0.3, -0.25) is 0 Å². The quantitative estimate of drug-likeness (QED) is 0.0943. The number of nitrogens with one attached hydrogen (secondary N) is 1. The maximum absolute atomic E-state index is 12.0. The predicted octanol–water partition coefficient (Wildman–Crippen LogP) is -4.46. The van der Waals surface area contributed by atoms with Gasteiger partial charge in [0.05, 0.1) is 25.0 Å². The van der Waals surface area contributed by atoms with Crippen LogP contribution < -0.4 is 5.32 Å². The van der Waals surface area contributed by atoms with Crippen molar-refractivity contribution in [3.05, 3.63) is 4.91 Å². The molecule has 2 aliphatic heterocycles. The van der Waals surface area contributed by atoms with Crippen molar-refractivity contribution in [1.29, 1.82) is 0 Å². The topological polar surface area (TPSA) is 231 Å². The smallest absolute Gasteiger partial charge is 0.342 e. The summed E-state index contributed by atoms with van der Waals surface area (Å²) in [6.45, 7) is -1.75. The monoisotopic (exact) mass is 475 g/mol. The van der Waals surface area contributed by atoms with Crippen molar-refractivity contribution in [2.75, 3.05) is 25.6 Å². The van der Waals surface area contributed by atoms with Crippen molar-refractivity contribution in [3.63, 3.8) is 0 Å². The van der Waals surface area contributed by atoms with E-state index >= 15 is 0 Å². The Morgan fingerprint density at radius 2 is 1.61 bits per heavy atom. The van der Waals surface area contributed by atoms with Crippen molar-refractivity contribution in [3.8, 4) is 0 Å². The Bertz CT molecular complexity index is 602. The first-order valence-corrected chi connectivity index (χ1v) is 9.79. The fraction of sp³-hybridized carbons (Fsp3) is 0.933. The molecule has 0 aromatic heterocycles. The molecule has 0 aromatic rings. The number of amides is 2. The number of ether oxygens (including phenoxy) is 3. The van der Waals surface area contributed by atoms with E-state index in [0.29, 0.717) is 5.01 Å². The van der Waals surface area contributed by atoms with Gasteiger partial charge in [-0.25, -0.2) is 4.79 Å². The highest BCUT2D eigenvalue weighted by Gasteiger charge is 2.50. The van der Waals surface area contributed by atoms with Crippen LogP contribution in [0.3, 0.4) is 0 Å². The van der Waals surface area contributed by atoms with Crippen molar-refractivity contribution in [2.45, 2.75) is 61.3 Å². The number of nitrogens with zero attached hydrogens (tertiary/aromatic N) is 2. The predicted molar refractivity (Wildman–Crippen MR) is 98.2 cm³/mol. The van der Waals surface area contributed by atoms with Crippen molar-refractivity contribution in [2.24, 2.45) is 5.29 Å². The molecule has 10 atom stereocenters. The number of carbonyl (C=O) groups is 1. The summed E-state index contributed by atoms with van der Waals surface area (Å²) in [5, 5.41) is 74.3. The number of hydrogen-bond acceptors (Lipinski definition) is 13. The van der Waals surface area contributed by atoms with E-state index in [-0.39, 0.29) is 12.4 Å². The van der Waals surface area contributed by atoms with Gasteiger partial charge < -0.3 is 55.3 Å². The Labute approximate surface area is 180 Å². The Morgan fingerprint density at radius 1 is 0.968 bits per heavy atom. The summed E-state index contributed by atoms with van der Waals surface area (Å²) in [5.41, 5.74) is 0. The largest absolute Gasteiger partial charge is 0.394 e. The van der Waals surface area contributed by atoms with Gasteiger partial charge in [0.1, 0.15) is 48.8 Å². The molecule has 0 aliphatic carbocycles. The summed E-state index contributed by atoms with van der Waals surface area (Å²) in [5.74, 6) is -0.107. The third kappa shape index (κ3) is 5.77. The third-order valence-corrected chi connectivity index (χ3v) is 5.07. The van der Waals surface area contributed by atoms with Crippen LogP contribution in [0.15, 0.2) is 5.29 Å². The van der Waals surface area contributed by atoms with Crippen LogP contribution in [0, 0.1) is 4.91 Å². The SMILES string of the molecule is O=NN(CCCl)C(=O)N[C@@H]1O[C@H](CO)[C@@H](O[C@@H]2O[C@H](CO)[C@@H](O)[C@H](O)[C@H]2O)[C@H](O)[C@H]1O. The summed E-state index contributed by atoms with van der Waals surface area (Å²) < 4.78 is 15.9. The number of hydrogen-bond donors (Lipinski definition) is 8. The molecule has 0 bridgehead atoms. The molecule has 0 saturated carbocycles. The van der Waals surface area contributed by atoms with Gasteiger partial charge in [-0.15, -0.1) is 16.5 Å². The van der Waals surface area contributed by atoms with Gasteiger partial charge in [-0.1, -0.05) is 0 Å². The third-order valence-electron chi connectivity index (χ3n) is 4.90. The number of nitroso groups, excluding NO2 is 1. The zero-order valence-electron chi connectivity index (χ0n) is 16.0. The average Bonchev–Trinajstić information content (AvgIpc) is 2.76. The van der Waals surface area contributed by atoms with Crippen LogP contribution in [0.25, 0.3) is 0 Å². The molecule has 0 unspecified atom stereocenters. The Morgan fingerprint density at radius 3 is 2.16 bits per heavy atom. The Balaban J connectivity index is 2.10. The first-order chi connectivity index (χ1) is 14.7. The lowest BCUT2D eigenvalue weighted by Gasteiger charge is -2.46. The van der Waals surface area contributed by atoms with E-state index in [1.165, 1.54) is 0 Å². The second-order valence-corrected chi connectivity index (χ2v) is 7.28. The fourth-order valence-corrected chi connectivity index (χ4v) is 3.32. The number of aliphatic hydroxyl groups is 7. The van der Waals surface area contributed by atoms with Gasteiger partial charge in [0, 0.05) is 5.88 Å². The highest BCUT2D eigenvalue weighted by molar-refractivity contribution is 6.18. The van der Waals surface area contributed by atoms with Gasteiger partial charge in [0.15, 0.2) is 12.5 Å². The van der Waals surface area contributed by atoms with E-state index in [0.717, 1.165) is 0 Å². The van der Waals surface area contributed by atoms with Gasteiger partial charge in [0.25, 0.3) is 0 Å². The summed E-state index contributed by atoms with van der Waals surface area (Å²) in [4.78, 5) is 22.7. The van der Waals surface area contributed by atoms with Crippen LogP contribution in [0.2, 0.25) is 0 Å². The maximum atomic E-state index is 12.0. The van der Waals surface area contributed by atoms with Crippen LogP contribution in [0.5, 0.6) is 0 Å². The van der Waals surface area contributed by atoms with Crippen molar-refractivity contribution >= 4 is 17.6 Å². The molecule has 2 fully saturated rings. The molecule has 15 nitrogen and oxygen atoms in total. The maximum Gasteiger partial charge on any atom is 0.342 e. The molecule has 2 heterocycles. The highest BCUT2D eigenvalue weighted by Crippen LogP contribution is 2.28. The minimum absolute atomic E-state index is 0.107. The Kier molecular flexibility index (Phi) is 9.71. The zero-order chi connectivity index (χ0) is 23.3. The summed E-state index contributed by atoms with van der Waals surface area (Å²) in [6, 6.07) is -1.09. The number of alkyl halides is 1. The number of halogens is 1. The fourth-order valence-electron chi connectivity index (χ4n) is 3.16. The number of urea groups is 1. The minimum Gasteiger partial charge on any atom is -0.394 e. The van der Waals surface area contributed by atoms with Crippen LogP contribution in [-0.4, -0.2) is 134 Å². The van der Waals surface area contributed by atoms with E-state index < -0.39 is 80.6 Å². The van der Waals surface area contributed by atoms with Gasteiger partial charge in [-0.05, 0) is 0 Å². The number of carbonyl (C=O) groups excluding carboxylic acids is 1. The van der Waals surface area contributed by atoms with Crippen LogP contribution in [-0.2, 0) is 14.2 Å². The summed E-state index contributed by atoms with van der Waals surface area (Å²) in [7, 11) is 0. The van der Waals surface area contributed by atoms with E-state index in [4.69, 9.17) is 25.8 Å². The number of rotatable bonds is 8. The van der Waals surface area contributed by atoms with E-state index in [9.17, 15) is 45.4 Å². The molecule has 2 amide bonds.